The van der Waals surface area contributed by atoms with Crippen LogP contribution >= 0.6 is 27.7 Å². The third-order valence-corrected chi connectivity index (χ3v) is 2.38. The van der Waals surface area contributed by atoms with E-state index in [0.29, 0.717) is 10.4 Å². The molecule has 1 heterocycles. The molecule has 0 spiro atoms. The molecule has 0 saturated heterocycles. The molecular formula is C7H10BrN3O2S. The van der Waals surface area contributed by atoms with Crippen LogP contribution in [-0.4, -0.2) is 20.4 Å². The van der Waals surface area contributed by atoms with Crippen LogP contribution < -0.4 is 5.32 Å². The number of aromatic nitrogens is 2. The summed E-state index contributed by atoms with van der Waals surface area (Å²) in [4.78, 5) is 11.3. The maximum Gasteiger partial charge on any atom is 0.413 e. The Balaban J connectivity index is 2.54. The summed E-state index contributed by atoms with van der Waals surface area (Å²) >= 11 is 4.15. The van der Waals surface area contributed by atoms with E-state index in [1.807, 2.05) is 0 Å². The van der Waals surface area contributed by atoms with Crippen molar-refractivity contribution in [2.75, 3.05) is 5.32 Å². The van der Waals surface area contributed by atoms with E-state index in [4.69, 9.17) is 4.74 Å². The predicted octanol–water partition coefficient (Wildman–Crippen LogP) is 2.65. The number of halogens is 1. The van der Waals surface area contributed by atoms with Crippen molar-refractivity contribution in [1.82, 2.24) is 8.75 Å². The minimum absolute atomic E-state index is 0.379. The molecule has 0 aliphatic rings. The van der Waals surface area contributed by atoms with E-state index >= 15 is 0 Å². The SMILES string of the molecule is CC(C)(C)OC(=O)Nc1nsnc1Br. The van der Waals surface area contributed by atoms with Crippen LogP contribution in [0.25, 0.3) is 0 Å². The summed E-state index contributed by atoms with van der Waals surface area (Å²) in [6, 6.07) is 0. The summed E-state index contributed by atoms with van der Waals surface area (Å²) < 4.78 is 13.2. The van der Waals surface area contributed by atoms with Crippen LogP contribution in [0, 0.1) is 0 Å². The Bertz CT molecular complexity index is 334. The van der Waals surface area contributed by atoms with Crippen LogP contribution in [0.4, 0.5) is 10.6 Å². The van der Waals surface area contributed by atoms with Crippen molar-refractivity contribution in [2.45, 2.75) is 26.4 Å². The molecule has 1 N–H and O–H groups in total. The topological polar surface area (TPSA) is 64.1 Å². The summed E-state index contributed by atoms with van der Waals surface area (Å²) in [7, 11) is 0. The molecule has 0 atom stereocenters. The molecule has 14 heavy (non-hydrogen) atoms. The van der Waals surface area contributed by atoms with Gasteiger partial charge in [-0.1, -0.05) is 0 Å². The molecule has 1 aromatic rings. The van der Waals surface area contributed by atoms with E-state index < -0.39 is 11.7 Å². The second-order valence-corrected chi connectivity index (χ2v) is 4.81. The van der Waals surface area contributed by atoms with Gasteiger partial charge in [0.05, 0.1) is 11.7 Å². The van der Waals surface area contributed by atoms with E-state index in [1.54, 1.807) is 20.8 Å². The quantitative estimate of drug-likeness (QED) is 0.858. The van der Waals surface area contributed by atoms with Gasteiger partial charge < -0.3 is 4.74 Å². The number of amides is 1. The van der Waals surface area contributed by atoms with E-state index in [9.17, 15) is 4.79 Å². The lowest BCUT2D eigenvalue weighted by atomic mass is 10.2. The Labute approximate surface area is 94.3 Å². The van der Waals surface area contributed by atoms with Gasteiger partial charge in [0, 0.05) is 0 Å². The Kier molecular flexibility index (Phi) is 3.43. The van der Waals surface area contributed by atoms with Gasteiger partial charge in [0.2, 0.25) is 0 Å². The number of carbonyl (C=O) groups excluding carboxylic acids is 1. The molecular weight excluding hydrogens is 270 g/mol. The first kappa shape index (κ1) is 11.4. The van der Waals surface area contributed by atoms with Crippen LogP contribution in [0.5, 0.6) is 0 Å². The fraction of sp³-hybridized carbons (Fsp3) is 0.571. The third kappa shape index (κ3) is 3.59. The summed E-state index contributed by atoms with van der Waals surface area (Å²) in [5.74, 6) is 0.379. The first-order chi connectivity index (χ1) is 6.38. The van der Waals surface area contributed by atoms with E-state index in [1.165, 1.54) is 0 Å². The van der Waals surface area contributed by atoms with Gasteiger partial charge in [0.15, 0.2) is 10.4 Å². The van der Waals surface area contributed by atoms with Crippen molar-refractivity contribution in [2.24, 2.45) is 0 Å². The molecule has 1 amide bonds. The molecule has 5 nitrogen and oxygen atoms in total. The Morgan fingerprint density at radius 2 is 2.14 bits per heavy atom. The lowest BCUT2D eigenvalue weighted by Crippen LogP contribution is -2.27. The predicted molar refractivity (Wildman–Crippen MR) is 57.5 cm³/mol. The molecule has 78 valence electrons. The van der Waals surface area contributed by atoms with Crippen molar-refractivity contribution >= 4 is 39.6 Å². The van der Waals surface area contributed by atoms with Gasteiger partial charge in [0.25, 0.3) is 0 Å². The number of ether oxygens (including phenoxy) is 1. The average Bonchev–Trinajstić information content (AvgIpc) is 2.32. The van der Waals surface area contributed by atoms with Crippen molar-refractivity contribution in [3.05, 3.63) is 4.60 Å². The van der Waals surface area contributed by atoms with Crippen molar-refractivity contribution in [3.63, 3.8) is 0 Å². The largest absolute Gasteiger partial charge is 0.444 e. The van der Waals surface area contributed by atoms with Gasteiger partial charge >= 0.3 is 6.09 Å². The second kappa shape index (κ2) is 4.22. The smallest absolute Gasteiger partial charge is 0.413 e. The second-order valence-electron chi connectivity index (χ2n) is 3.53. The molecule has 7 heteroatoms. The fourth-order valence-electron chi connectivity index (χ4n) is 0.653. The van der Waals surface area contributed by atoms with Gasteiger partial charge in [-0.2, -0.15) is 8.75 Å². The molecule has 0 aliphatic heterocycles. The van der Waals surface area contributed by atoms with Crippen LogP contribution in [-0.2, 0) is 4.74 Å². The summed E-state index contributed by atoms with van der Waals surface area (Å²) in [5, 5.41) is 2.48. The van der Waals surface area contributed by atoms with Crippen LogP contribution in [0.2, 0.25) is 0 Å². The summed E-state index contributed by atoms with van der Waals surface area (Å²) in [6.07, 6.45) is -0.536. The standard InChI is InChI=1S/C7H10BrN3O2S/c1-7(2,3)13-6(12)9-5-4(8)10-14-11-5/h1-3H3,(H,9,11,12). The number of nitrogens with zero attached hydrogens (tertiary/aromatic N) is 2. The number of rotatable bonds is 1. The van der Waals surface area contributed by atoms with Gasteiger partial charge in [-0.15, -0.1) is 0 Å². The summed E-state index contributed by atoms with van der Waals surface area (Å²) in [5.41, 5.74) is -0.514. The van der Waals surface area contributed by atoms with Crippen molar-refractivity contribution in [1.29, 1.82) is 0 Å². The zero-order valence-electron chi connectivity index (χ0n) is 8.00. The number of carbonyl (C=O) groups is 1. The highest BCUT2D eigenvalue weighted by Gasteiger charge is 2.17. The molecule has 0 bridgehead atoms. The highest BCUT2D eigenvalue weighted by atomic mass is 79.9. The molecule has 0 saturated carbocycles. The van der Waals surface area contributed by atoms with E-state index in [0.717, 1.165) is 11.7 Å². The van der Waals surface area contributed by atoms with Crippen molar-refractivity contribution < 1.29 is 9.53 Å². The maximum absolute atomic E-state index is 11.3. The molecule has 0 radical (unpaired) electrons. The highest BCUT2D eigenvalue weighted by Crippen LogP contribution is 2.19. The van der Waals surface area contributed by atoms with Gasteiger partial charge in [-0.3, -0.25) is 5.32 Å². The molecule has 1 aromatic heterocycles. The highest BCUT2D eigenvalue weighted by molar-refractivity contribution is 9.10. The van der Waals surface area contributed by atoms with E-state index in [-0.39, 0.29) is 0 Å². The van der Waals surface area contributed by atoms with Gasteiger partial charge in [-0.05, 0) is 36.7 Å². The van der Waals surface area contributed by atoms with Crippen molar-refractivity contribution in [3.8, 4) is 0 Å². The number of hydrogen-bond donors (Lipinski definition) is 1. The maximum atomic E-state index is 11.3. The minimum atomic E-state index is -0.536. The first-order valence-electron chi connectivity index (χ1n) is 3.86. The first-order valence-corrected chi connectivity index (χ1v) is 5.39. The normalized spacial score (nSPS) is 11.1. The fourth-order valence-corrected chi connectivity index (χ4v) is 1.56. The molecule has 0 aliphatic carbocycles. The van der Waals surface area contributed by atoms with Gasteiger partial charge in [-0.25, -0.2) is 4.79 Å². The lowest BCUT2D eigenvalue weighted by Gasteiger charge is -2.19. The zero-order valence-corrected chi connectivity index (χ0v) is 10.4. The Morgan fingerprint density at radius 1 is 1.50 bits per heavy atom. The molecule has 0 fully saturated rings. The zero-order chi connectivity index (χ0) is 10.8. The lowest BCUT2D eigenvalue weighted by molar-refractivity contribution is 0.0635. The number of nitrogens with one attached hydrogen (secondary N) is 1. The molecule has 0 unspecified atom stereocenters. The monoisotopic (exact) mass is 279 g/mol. The van der Waals surface area contributed by atoms with Crippen LogP contribution in [0.3, 0.4) is 0 Å². The Morgan fingerprint density at radius 3 is 2.57 bits per heavy atom. The van der Waals surface area contributed by atoms with Gasteiger partial charge in [0.1, 0.15) is 5.60 Å². The average molecular weight is 280 g/mol. The summed E-state index contributed by atoms with van der Waals surface area (Å²) in [6.45, 7) is 5.38. The Hall–Kier alpha value is -0.690. The minimum Gasteiger partial charge on any atom is -0.444 e. The number of hydrogen-bond acceptors (Lipinski definition) is 5. The van der Waals surface area contributed by atoms with Crippen LogP contribution in [0.15, 0.2) is 4.60 Å². The van der Waals surface area contributed by atoms with E-state index in [2.05, 4.69) is 30.0 Å². The van der Waals surface area contributed by atoms with Crippen LogP contribution in [0.1, 0.15) is 20.8 Å². The third-order valence-electron chi connectivity index (χ3n) is 1.07. The number of anilines is 1. The molecule has 1 rings (SSSR count). The molecule has 0 aromatic carbocycles.